The fourth-order valence-corrected chi connectivity index (χ4v) is 3.95. The summed E-state index contributed by atoms with van der Waals surface area (Å²) in [5, 5.41) is 3.46. The molecule has 7 heteroatoms. The van der Waals surface area contributed by atoms with Gasteiger partial charge in [-0.2, -0.15) is 0 Å². The SMILES string of the molecule is CCS(=O)(=O)CCOc1c(Br)cc(CNC2CC2)cc1Br. The van der Waals surface area contributed by atoms with Crippen LogP contribution in [0.5, 0.6) is 5.75 Å². The molecule has 1 aromatic carbocycles. The van der Waals surface area contributed by atoms with Crippen molar-refractivity contribution in [3.63, 3.8) is 0 Å². The van der Waals surface area contributed by atoms with Gasteiger partial charge in [-0.1, -0.05) is 6.92 Å². The molecule has 21 heavy (non-hydrogen) atoms. The number of ether oxygens (including phenoxy) is 1. The molecular formula is C14H19Br2NO3S. The summed E-state index contributed by atoms with van der Waals surface area (Å²) in [6.45, 7) is 2.63. The molecule has 1 fully saturated rings. The second-order valence-electron chi connectivity index (χ2n) is 5.13. The molecule has 1 aliphatic carbocycles. The molecule has 118 valence electrons. The summed E-state index contributed by atoms with van der Waals surface area (Å²) in [5.41, 5.74) is 1.16. The maximum Gasteiger partial charge on any atom is 0.153 e. The average Bonchev–Trinajstić information content (AvgIpc) is 3.23. The maximum atomic E-state index is 11.5. The van der Waals surface area contributed by atoms with Crippen LogP contribution in [0.3, 0.4) is 0 Å². The van der Waals surface area contributed by atoms with E-state index in [0.717, 1.165) is 21.1 Å². The average molecular weight is 441 g/mol. The highest BCUT2D eigenvalue weighted by atomic mass is 79.9. The highest BCUT2D eigenvalue weighted by Gasteiger charge is 2.20. The van der Waals surface area contributed by atoms with Crippen LogP contribution in [0.2, 0.25) is 0 Å². The second-order valence-corrected chi connectivity index (χ2v) is 9.31. The number of hydrogen-bond donors (Lipinski definition) is 1. The molecular weight excluding hydrogens is 422 g/mol. The first-order valence-corrected chi connectivity index (χ1v) is 10.4. The van der Waals surface area contributed by atoms with Gasteiger partial charge in [-0.25, -0.2) is 8.42 Å². The van der Waals surface area contributed by atoms with Gasteiger partial charge in [-0.3, -0.25) is 0 Å². The van der Waals surface area contributed by atoms with E-state index in [4.69, 9.17) is 4.74 Å². The number of rotatable bonds is 8. The number of halogens is 2. The van der Waals surface area contributed by atoms with Gasteiger partial charge in [-0.15, -0.1) is 0 Å². The molecule has 0 saturated heterocycles. The first-order chi connectivity index (χ1) is 9.91. The van der Waals surface area contributed by atoms with Crippen LogP contribution in [-0.4, -0.2) is 32.6 Å². The summed E-state index contributed by atoms with van der Waals surface area (Å²) in [7, 11) is -3.00. The lowest BCUT2D eigenvalue weighted by Crippen LogP contribution is -2.16. The van der Waals surface area contributed by atoms with Crippen LogP contribution >= 0.6 is 31.9 Å². The number of hydrogen-bond acceptors (Lipinski definition) is 4. The lowest BCUT2D eigenvalue weighted by Gasteiger charge is -2.12. The van der Waals surface area contributed by atoms with E-state index in [1.165, 1.54) is 12.8 Å². The zero-order chi connectivity index (χ0) is 15.5. The van der Waals surface area contributed by atoms with Gasteiger partial charge in [0, 0.05) is 18.3 Å². The van der Waals surface area contributed by atoms with Crippen LogP contribution in [0.25, 0.3) is 0 Å². The monoisotopic (exact) mass is 439 g/mol. The third-order valence-corrected chi connectivity index (χ3v) is 6.16. The van der Waals surface area contributed by atoms with Crippen LogP contribution < -0.4 is 10.1 Å². The topological polar surface area (TPSA) is 55.4 Å². The molecule has 0 bridgehead atoms. The van der Waals surface area contributed by atoms with Crippen LogP contribution in [0.4, 0.5) is 0 Å². The van der Waals surface area contributed by atoms with Gasteiger partial charge in [0.15, 0.2) is 9.84 Å². The Hall–Kier alpha value is -0.110. The zero-order valence-corrected chi connectivity index (χ0v) is 15.9. The van der Waals surface area contributed by atoms with Crippen molar-refractivity contribution in [2.24, 2.45) is 0 Å². The molecule has 0 aromatic heterocycles. The van der Waals surface area contributed by atoms with Gasteiger partial charge in [0.1, 0.15) is 12.4 Å². The molecule has 0 heterocycles. The van der Waals surface area contributed by atoms with Crippen LogP contribution in [0.15, 0.2) is 21.1 Å². The minimum atomic E-state index is -3.00. The van der Waals surface area contributed by atoms with E-state index in [1.807, 2.05) is 12.1 Å². The Morgan fingerprint density at radius 2 is 1.90 bits per heavy atom. The Kier molecular flexibility index (Phi) is 6.11. The standard InChI is InChI=1S/C14H19Br2NO3S/c1-2-21(18,19)6-5-20-14-12(15)7-10(8-13(14)16)9-17-11-3-4-11/h7-8,11,17H,2-6,9H2,1H3. The summed E-state index contributed by atoms with van der Waals surface area (Å²) in [5.74, 6) is 0.828. The van der Waals surface area contributed by atoms with E-state index in [-0.39, 0.29) is 18.1 Å². The van der Waals surface area contributed by atoms with E-state index >= 15 is 0 Å². The summed E-state index contributed by atoms with van der Waals surface area (Å²) >= 11 is 6.97. The fourth-order valence-electron chi connectivity index (χ4n) is 1.82. The highest BCUT2D eigenvalue weighted by molar-refractivity contribution is 9.11. The van der Waals surface area contributed by atoms with Crippen molar-refractivity contribution in [3.05, 3.63) is 26.6 Å². The van der Waals surface area contributed by atoms with Gasteiger partial charge in [0.25, 0.3) is 0 Å². The Labute approximate surface area is 142 Å². The molecule has 2 rings (SSSR count). The molecule has 0 spiro atoms. The number of sulfone groups is 1. The predicted octanol–water partition coefficient (Wildman–Crippen LogP) is 3.28. The first-order valence-electron chi connectivity index (χ1n) is 6.96. The van der Waals surface area contributed by atoms with Crippen LogP contribution in [0.1, 0.15) is 25.3 Å². The van der Waals surface area contributed by atoms with Crippen molar-refractivity contribution in [2.45, 2.75) is 32.4 Å². The van der Waals surface area contributed by atoms with Crippen molar-refractivity contribution in [2.75, 3.05) is 18.1 Å². The van der Waals surface area contributed by atoms with Crippen molar-refractivity contribution in [1.29, 1.82) is 0 Å². The lowest BCUT2D eigenvalue weighted by atomic mass is 10.2. The van der Waals surface area contributed by atoms with Crippen molar-refractivity contribution in [1.82, 2.24) is 5.32 Å². The minimum absolute atomic E-state index is 0.0351. The highest BCUT2D eigenvalue weighted by Crippen LogP contribution is 2.35. The van der Waals surface area contributed by atoms with Gasteiger partial charge >= 0.3 is 0 Å². The fraction of sp³-hybridized carbons (Fsp3) is 0.571. The van der Waals surface area contributed by atoms with E-state index in [1.54, 1.807) is 6.92 Å². The third-order valence-electron chi connectivity index (χ3n) is 3.31. The van der Waals surface area contributed by atoms with Crippen molar-refractivity contribution in [3.8, 4) is 5.75 Å². The maximum absolute atomic E-state index is 11.5. The Morgan fingerprint density at radius 1 is 1.29 bits per heavy atom. The Morgan fingerprint density at radius 3 is 2.43 bits per heavy atom. The van der Waals surface area contributed by atoms with Crippen LogP contribution in [-0.2, 0) is 16.4 Å². The van der Waals surface area contributed by atoms with E-state index in [2.05, 4.69) is 37.2 Å². The zero-order valence-electron chi connectivity index (χ0n) is 11.9. The molecule has 1 aromatic rings. The molecule has 0 aliphatic heterocycles. The van der Waals surface area contributed by atoms with Gasteiger partial charge in [-0.05, 0) is 62.4 Å². The number of nitrogens with one attached hydrogen (secondary N) is 1. The molecule has 0 radical (unpaired) electrons. The largest absolute Gasteiger partial charge is 0.490 e. The van der Waals surface area contributed by atoms with Gasteiger partial charge in [0.05, 0.1) is 14.7 Å². The molecule has 1 saturated carbocycles. The summed E-state index contributed by atoms with van der Waals surface area (Å²) in [6.07, 6.45) is 2.52. The van der Waals surface area contributed by atoms with Crippen molar-refractivity contribution >= 4 is 41.7 Å². The smallest absolute Gasteiger partial charge is 0.153 e. The molecule has 0 unspecified atom stereocenters. The molecule has 1 N–H and O–H groups in total. The quantitative estimate of drug-likeness (QED) is 0.673. The summed E-state index contributed by atoms with van der Waals surface area (Å²) in [6, 6.07) is 4.67. The Balaban J connectivity index is 1.95. The normalized spacial score (nSPS) is 15.2. The molecule has 1 aliphatic rings. The van der Waals surface area contributed by atoms with Gasteiger partial charge in [0.2, 0.25) is 0 Å². The van der Waals surface area contributed by atoms with E-state index in [9.17, 15) is 8.42 Å². The number of benzene rings is 1. The van der Waals surface area contributed by atoms with E-state index in [0.29, 0.717) is 11.8 Å². The van der Waals surface area contributed by atoms with Crippen LogP contribution in [0, 0.1) is 0 Å². The third kappa shape index (κ3) is 5.54. The lowest BCUT2D eigenvalue weighted by molar-refractivity contribution is 0.336. The second kappa shape index (κ2) is 7.44. The van der Waals surface area contributed by atoms with Crippen molar-refractivity contribution < 1.29 is 13.2 Å². The molecule has 0 atom stereocenters. The van der Waals surface area contributed by atoms with Gasteiger partial charge < -0.3 is 10.1 Å². The first kappa shape index (κ1) is 17.2. The molecule has 4 nitrogen and oxygen atoms in total. The predicted molar refractivity (Wildman–Crippen MR) is 91.5 cm³/mol. The summed E-state index contributed by atoms with van der Waals surface area (Å²) in [4.78, 5) is 0. The Bertz CT molecular complexity index is 577. The summed E-state index contributed by atoms with van der Waals surface area (Å²) < 4.78 is 30.2. The van der Waals surface area contributed by atoms with E-state index < -0.39 is 9.84 Å². The molecule has 0 amide bonds. The minimum Gasteiger partial charge on any atom is -0.490 e.